The Morgan fingerprint density at radius 2 is 2.23 bits per heavy atom. The van der Waals surface area contributed by atoms with E-state index in [1.807, 2.05) is 0 Å². The third-order valence-corrected chi connectivity index (χ3v) is 3.59. The molecular formula is C8H13N3OS. The third kappa shape index (κ3) is 1.72. The van der Waals surface area contributed by atoms with Crippen molar-refractivity contribution in [3.8, 4) is 0 Å². The Kier molecular flexibility index (Phi) is 2.31. The summed E-state index contributed by atoms with van der Waals surface area (Å²) in [6, 6.07) is 0.337. The minimum Gasteiger partial charge on any atom is -0.386 e. The van der Waals surface area contributed by atoms with Gasteiger partial charge in [-0.05, 0) is 19.8 Å². The SMILES string of the molecule is C[C@H](O)c1nnc([C@H]2C[C@@H](N)C2)s1. The van der Waals surface area contributed by atoms with Gasteiger partial charge in [-0.2, -0.15) is 0 Å². The largest absolute Gasteiger partial charge is 0.386 e. The smallest absolute Gasteiger partial charge is 0.145 e. The first-order valence-corrected chi connectivity index (χ1v) is 5.25. The van der Waals surface area contributed by atoms with Gasteiger partial charge in [0.05, 0.1) is 0 Å². The lowest BCUT2D eigenvalue weighted by Gasteiger charge is -2.30. The molecule has 72 valence electrons. The quantitative estimate of drug-likeness (QED) is 0.739. The number of nitrogens with two attached hydrogens (primary N) is 1. The van der Waals surface area contributed by atoms with Crippen molar-refractivity contribution in [2.75, 3.05) is 0 Å². The standard InChI is InChI=1S/C8H13N3OS/c1-4(12)7-10-11-8(13-7)5-2-6(9)3-5/h4-6,12H,2-3,9H2,1H3/t4-,5-,6+/m0/s1. The van der Waals surface area contributed by atoms with E-state index in [1.54, 1.807) is 6.92 Å². The molecule has 2 rings (SSSR count). The average Bonchev–Trinajstić information content (AvgIpc) is 2.46. The van der Waals surface area contributed by atoms with E-state index in [9.17, 15) is 5.11 Å². The second-order valence-electron chi connectivity index (χ2n) is 3.58. The third-order valence-electron chi connectivity index (χ3n) is 2.34. The molecule has 0 aromatic carbocycles. The van der Waals surface area contributed by atoms with Gasteiger partial charge >= 0.3 is 0 Å². The number of rotatable bonds is 2. The van der Waals surface area contributed by atoms with Gasteiger partial charge in [-0.3, -0.25) is 0 Å². The van der Waals surface area contributed by atoms with E-state index in [0.717, 1.165) is 17.8 Å². The van der Waals surface area contributed by atoms with Crippen LogP contribution in [0.15, 0.2) is 0 Å². The van der Waals surface area contributed by atoms with Gasteiger partial charge in [-0.1, -0.05) is 11.3 Å². The molecule has 4 nitrogen and oxygen atoms in total. The molecule has 1 aromatic rings. The second-order valence-corrected chi connectivity index (χ2v) is 4.62. The monoisotopic (exact) mass is 199 g/mol. The van der Waals surface area contributed by atoms with Gasteiger partial charge in [0.2, 0.25) is 0 Å². The van der Waals surface area contributed by atoms with Crippen LogP contribution in [0.2, 0.25) is 0 Å². The van der Waals surface area contributed by atoms with Gasteiger partial charge < -0.3 is 10.8 Å². The summed E-state index contributed by atoms with van der Waals surface area (Å²) in [5, 5.41) is 18.9. The minimum absolute atomic E-state index is 0.337. The predicted octanol–water partition coefficient (Wildman–Crippen LogP) is 0.796. The minimum atomic E-state index is -0.500. The Morgan fingerprint density at radius 1 is 1.54 bits per heavy atom. The zero-order valence-electron chi connectivity index (χ0n) is 7.47. The van der Waals surface area contributed by atoms with Crippen LogP contribution in [0.5, 0.6) is 0 Å². The molecule has 1 atom stereocenters. The molecule has 1 aliphatic carbocycles. The molecule has 0 saturated heterocycles. The van der Waals surface area contributed by atoms with Crippen LogP contribution in [-0.4, -0.2) is 21.3 Å². The van der Waals surface area contributed by atoms with Crippen LogP contribution in [0.25, 0.3) is 0 Å². The fourth-order valence-electron chi connectivity index (χ4n) is 1.44. The molecule has 3 N–H and O–H groups in total. The summed E-state index contributed by atoms with van der Waals surface area (Å²) >= 11 is 1.50. The lowest BCUT2D eigenvalue weighted by molar-refractivity contribution is 0.198. The Labute approximate surface area is 80.8 Å². The summed E-state index contributed by atoms with van der Waals surface area (Å²) in [4.78, 5) is 0. The fourth-order valence-corrected chi connectivity index (χ4v) is 2.35. The van der Waals surface area contributed by atoms with Crippen LogP contribution in [0.1, 0.15) is 41.8 Å². The molecule has 1 aliphatic rings. The van der Waals surface area contributed by atoms with E-state index in [1.165, 1.54) is 11.3 Å². The van der Waals surface area contributed by atoms with E-state index in [2.05, 4.69) is 10.2 Å². The number of aliphatic hydroxyl groups excluding tert-OH is 1. The number of aliphatic hydroxyl groups is 1. The normalized spacial score (nSPS) is 29.8. The first-order chi connectivity index (χ1) is 6.16. The molecule has 1 aromatic heterocycles. The summed E-state index contributed by atoms with van der Waals surface area (Å²) in [6.07, 6.45) is 1.52. The van der Waals surface area contributed by atoms with Crippen LogP contribution in [-0.2, 0) is 0 Å². The second kappa shape index (κ2) is 3.32. The maximum absolute atomic E-state index is 9.24. The number of nitrogens with zero attached hydrogens (tertiary/aromatic N) is 2. The molecule has 0 radical (unpaired) electrons. The molecule has 13 heavy (non-hydrogen) atoms. The number of hydrogen-bond acceptors (Lipinski definition) is 5. The highest BCUT2D eigenvalue weighted by Crippen LogP contribution is 2.37. The predicted molar refractivity (Wildman–Crippen MR) is 50.5 cm³/mol. The highest BCUT2D eigenvalue weighted by Gasteiger charge is 2.30. The summed E-state index contributed by atoms with van der Waals surface area (Å²) in [5.41, 5.74) is 5.68. The highest BCUT2D eigenvalue weighted by molar-refractivity contribution is 7.11. The Hall–Kier alpha value is -0.520. The van der Waals surface area contributed by atoms with Crippen LogP contribution in [0.3, 0.4) is 0 Å². The lowest BCUT2D eigenvalue weighted by Crippen LogP contribution is -2.34. The van der Waals surface area contributed by atoms with Crippen molar-refractivity contribution in [3.05, 3.63) is 10.0 Å². The van der Waals surface area contributed by atoms with Gasteiger partial charge in [0.25, 0.3) is 0 Å². The number of hydrogen-bond donors (Lipinski definition) is 2. The van der Waals surface area contributed by atoms with E-state index in [0.29, 0.717) is 17.0 Å². The maximum atomic E-state index is 9.24. The van der Waals surface area contributed by atoms with Gasteiger partial charge in [0, 0.05) is 12.0 Å². The molecule has 1 saturated carbocycles. The van der Waals surface area contributed by atoms with E-state index >= 15 is 0 Å². The first kappa shape index (κ1) is 9.05. The topological polar surface area (TPSA) is 72.0 Å². The van der Waals surface area contributed by atoms with Crippen LogP contribution in [0.4, 0.5) is 0 Å². The molecule has 1 heterocycles. The zero-order chi connectivity index (χ0) is 9.42. The van der Waals surface area contributed by atoms with Gasteiger partial charge in [0.1, 0.15) is 16.1 Å². The van der Waals surface area contributed by atoms with Crippen molar-refractivity contribution >= 4 is 11.3 Å². The van der Waals surface area contributed by atoms with Gasteiger partial charge in [0.15, 0.2) is 0 Å². The summed E-state index contributed by atoms with van der Waals surface area (Å²) in [6.45, 7) is 1.71. The molecule has 0 bridgehead atoms. The van der Waals surface area contributed by atoms with E-state index < -0.39 is 6.10 Å². The van der Waals surface area contributed by atoms with Crippen molar-refractivity contribution in [1.29, 1.82) is 0 Å². The van der Waals surface area contributed by atoms with E-state index in [-0.39, 0.29) is 0 Å². The lowest BCUT2D eigenvalue weighted by atomic mass is 9.81. The first-order valence-electron chi connectivity index (χ1n) is 4.43. The molecule has 1 fully saturated rings. The van der Waals surface area contributed by atoms with Gasteiger partial charge in [-0.25, -0.2) is 0 Å². The summed E-state index contributed by atoms with van der Waals surface area (Å²) in [5.74, 6) is 0.486. The Bertz CT molecular complexity index is 293. The van der Waals surface area contributed by atoms with Crippen LogP contribution in [0, 0.1) is 0 Å². The maximum Gasteiger partial charge on any atom is 0.145 e. The fraction of sp³-hybridized carbons (Fsp3) is 0.750. The van der Waals surface area contributed by atoms with Crippen LogP contribution < -0.4 is 5.73 Å². The van der Waals surface area contributed by atoms with Crippen molar-refractivity contribution in [1.82, 2.24) is 10.2 Å². The molecular weight excluding hydrogens is 186 g/mol. The molecule has 0 spiro atoms. The Morgan fingerprint density at radius 3 is 2.69 bits per heavy atom. The van der Waals surface area contributed by atoms with Crippen molar-refractivity contribution in [3.63, 3.8) is 0 Å². The van der Waals surface area contributed by atoms with Crippen molar-refractivity contribution in [2.24, 2.45) is 5.73 Å². The summed E-state index contributed by atoms with van der Waals surface area (Å²) < 4.78 is 0. The van der Waals surface area contributed by atoms with Crippen molar-refractivity contribution < 1.29 is 5.11 Å². The highest BCUT2D eigenvalue weighted by atomic mass is 32.1. The average molecular weight is 199 g/mol. The molecule has 0 amide bonds. The molecule has 0 unspecified atom stereocenters. The molecule has 5 heteroatoms. The van der Waals surface area contributed by atoms with Crippen molar-refractivity contribution in [2.45, 2.75) is 37.8 Å². The number of aromatic nitrogens is 2. The van der Waals surface area contributed by atoms with E-state index in [4.69, 9.17) is 5.73 Å². The Balaban J connectivity index is 2.06. The zero-order valence-corrected chi connectivity index (χ0v) is 8.29. The van der Waals surface area contributed by atoms with Crippen LogP contribution >= 0.6 is 11.3 Å². The van der Waals surface area contributed by atoms with Gasteiger partial charge in [-0.15, -0.1) is 10.2 Å². The summed E-state index contributed by atoms with van der Waals surface area (Å²) in [7, 11) is 0. The molecule has 0 aliphatic heterocycles.